The third-order valence-corrected chi connectivity index (χ3v) is 5.76. The van der Waals surface area contributed by atoms with E-state index in [4.69, 9.17) is 0 Å². The van der Waals surface area contributed by atoms with Gasteiger partial charge in [0.25, 0.3) is 0 Å². The van der Waals surface area contributed by atoms with Crippen LogP contribution in [0.15, 0.2) is 0 Å². The van der Waals surface area contributed by atoms with E-state index in [1.165, 1.54) is 12.8 Å². The summed E-state index contributed by atoms with van der Waals surface area (Å²) in [4.78, 5) is 0. The number of rotatable bonds is 2. The minimum Gasteiger partial charge on any atom is -0.0904 e. The van der Waals surface area contributed by atoms with Crippen LogP contribution in [0.25, 0.3) is 0 Å². The van der Waals surface area contributed by atoms with Crippen molar-refractivity contribution in [1.82, 2.24) is 0 Å². The molecule has 0 bridgehead atoms. The maximum atomic E-state index is 2.36. The molecular weight excluding hydrogens is 160 g/mol. The minimum absolute atomic E-state index is 0.889. The summed E-state index contributed by atoms with van der Waals surface area (Å²) in [5, 5.41) is 1.78. The van der Waals surface area contributed by atoms with Gasteiger partial charge in [0.05, 0.1) is 0 Å². The smallest absolute Gasteiger partial charge is 0.0162 e. The highest BCUT2D eigenvalue weighted by molar-refractivity contribution is 8.77. The first-order valence-electron chi connectivity index (χ1n) is 4.07. The Labute approximate surface area is 71.9 Å². The fourth-order valence-electron chi connectivity index (χ4n) is 1.50. The van der Waals surface area contributed by atoms with Crippen LogP contribution in [-0.4, -0.2) is 10.5 Å². The largest absolute Gasteiger partial charge is 0.0904 e. The summed E-state index contributed by atoms with van der Waals surface area (Å²) in [5.41, 5.74) is 0. The lowest BCUT2D eigenvalue weighted by Gasteiger charge is -2.15. The van der Waals surface area contributed by atoms with Gasteiger partial charge < -0.3 is 0 Å². The van der Waals surface area contributed by atoms with Crippen LogP contribution in [0.2, 0.25) is 0 Å². The standard InChI is InChI=1S/C8H16S2/c1-4-5-8-6(2)9-10-7(8)3/h6-8H,4-5H2,1-3H3. The zero-order chi connectivity index (χ0) is 7.56. The molecule has 0 radical (unpaired) electrons. The normalized spacial score (nSPS) is 40.5. The van der Waals surface area contributed by atoms with Gasteiger partial charge in [-0.15, -0.1) is 0 Å². The second-order valence-electron chi connectivity index (χ2n) is 3.06. The van der Waals surface area contributed by atoms with E-state index in [0.717, 1.165) is 16.4 Å². The molecule has 2 unspecified atom stereocenters. The molecule has 1 rings (SSSR count). The third kappa shape index (κ3) is 1.85. The molecule has 2 atom stereocenters. The number of hydrogen-bond acceptors (Lipinski definition) is 2. The van der Waals surface area contributed by atoms with Gasteiger partial charge in [0, 0.05) is 10.5 Å². The van der Waals surface area contributed by atoms with E-state index in [9.17, 15) is 0 Å². The summed E-state index contributed by atoms with van der Waals surface area (Å²) in [7, 11) is 4.14. The van der Waals surface area contributed by atoms with E-state index in [-0.39, 0.29) is 0 Å². The van der Waals surface area contributed by atoms with Gasteiger partial charge in [-0.05, 0) is 12.3 Å². The quantitative estimate of drug-likeness (QED) is 0.590. The van der Waals surface area contributed by atoms with Crippen molar-refractivity contribution < 1.29 is 0 Å². The van der Waals surface area contributed by atoms with Gasteiger partial charge in [0.15, 0.2) is 0 Å². The average molecular weight is 176 g/mol. The summed E-state index contributed by atoms with van der Waals surface area (Å²) in [6, 6.07) is 0. The van der Waals surface area contributed by atoms with Crippen molar-refractivity contribution >= 4 is 21.6 Å². The van der Waals surface area contributed by atoms with E-state index >= 15 is 0 Å². The van der Waals surface area contributed by atoms with Crippen molar-refractivity contribution in [3.63, 3.8) is 0 Å². The molecule has 0 aromatic rings. The summed E-state index contributed by atoms with van der Waals surface area (Å²) in [6.07, 6.45) is 2.77. The maximum absolute atomic E-state index is 2.36. The Morgan fingerprint density at radius 3 is 2.00 bits per heavy atom. The average Bonchev–Trinajstić information content (AvgIpc) is 2.20. The van der Waals surface area contributed by atoms with Crippen molar-refractivity contribution in [2.24, 2.45) is 5.92 Å². The highest BCUT2D eigenvalue weighted by Crippen LogP contribution is 2.48. The minimum atomic E-state index is 0.889. The Kier molecular flexibility index (Phi) is 3.44. The lowest BCUT2D eigenvalue weighted by atomic mass is 9.97. The van der Waals surface area contributed by atoms with Crippen LogP contribution in [0, 0.1) is 5.92 Å². The molecule has 0 aromatic carbocycles. The third-order valence-electron chi connectivity index (χ3n) is 2.19. The first-order valence-corrected chi connectivity index (χ1v) is 6.35. The van der Waals surface area contributed by atoms with E-state index in [2.05, 4.69) is 42.4 Å². The first-order chi connectivity index (χ1) is 4.75. The predicted octanol–water partition coefficient (Wildman–Crippen LogP) is 3.57. The van der Waals surface area contributed by atoms with Crippen molar-refractivity contribution in [2.75, 3.05) is 0 Å². The van der Waals surface area contributed by atoms with E-state index in [1.54, 1.807) is 0 Å². The van der Waals surface area contributed by atoms with Crippen molar-refractivity contribution in [3.05, 3.63) is 0 Å². The highest BCUT2D eigenvalue weighted by atomic mass is 33.1. The lowest BCUT2D eigenvalue weighted by Crippen LogP contribution is -2.16. The molecule has 0 aromatic heterocycles. The van der Waals surface area contributed by atoms with Crippen molar-refractivity contribution in [2.45, 2.75) is 44.1 Å². The zero-order valence-electron chi connectivity index (χ0n) is 6.96. The molecular formula is C8H16S2. The van der Waals surface area contributed by atoms with Crippen LogP contribution in [0.3, 0.4) is 0 Å². The molecule has 0 amide bonds. The first kappa shape index (κ1) is 8.79. The summed E-state index contributed by atoms with van der Waals surface area (Å²) < 4.78 is 0. The molecule has 1 heterocycles. The molecule has 60 valence electrons. The molecule has 1 aliphatic heterocycles. The predicted molar refractivity (Wildman–Crippen MR) is 52.5 cm³/mol. The molecule has 0 saturated carbocycles. The fraction of sp³-hybridized carbons (Fsp3) is 1.00. The van der Waals surface area contributed by atoms with Crippen LogP contribution in [0.4, 0.5) is 0 Å². The molecule has 0 nitrogen and oxygen atoms in total. The molecule has 0 aliphatic carbocycles. The molecule has 1 saturated heterocycles. The van der Waals surface area contributed by atoms with Gasteiger partial charge in [-0.1, -0.05) is 48.8 Å². The van der Waals surface area contributed by atoms with Gasteiger partial charge in [-0.25, -0.2) is 0 Å². The molecule has 0 spiro atoms. The van der Waals surface area contributed by atoms with Crippen LogP contribution in [-0.2, 0) is 0 Å². The number of hydrogen-bond donors (Lipinski definition) is 0. The molecule has 1 aliphatic rings. The van der Waals surface area contributed by atoms with Crippen LogP contribution in [0.5, 0.6) is 0 Å². The van der Waals surface area contributed by atoms with Crippen molar-refractivity contribution in [1.29, 1.82) is 0 Å². The van der Waals surface area contributed by atoms with Gasteiger partial charge in [0.1, 0.15) is 0 Å². The fourth-order valence-corrected chi connectivity index (χ4v) is 4.89. The topological polar surface area (TPSA) is 0 Å². The summed E-state index contributed by atoms with van der Waals surface area (Å²) in [5.74, 6) is 0.972. The monoisotopic (exact) mass is 176 g/mol. The van der Waals surface area contributed by atoms with Crippen molar-refractivity contribution in [3.8, 4) is 0 Å². The highest BCUT2D eigenvalue weighted by Gasteiger charge is 2.30. The SMILES string of the molecule is CCCC1C(C)SSC1C. The molecule has 0 N–H and O–H groups in total. The van der Waals surface area contributed by atoms with Crippen LogP contribution < -0.4 is 0 Å². The second kappa shape index (κ2) is 3.91. The van der Waals surface area contributed by atoms with E-state index in [1.807, 2.05) is 0 Å². The Hall–Kier alpha value is 0.700. The van der Waals surface area contributed by atoms with Gasteiger partial charge in [0.2, 0.25) is 0 Å². The van der Waals surface area contributed by atoms with Crippen LogP contribution >= 0.6 is 21.6 Å². The zero-order valence-corrected chi connectivity index (χ0v) is 8.60. The molecule has 2 heteroatoms. The van der Waals surface area contributed by atoms with Crippen LogP contribution in [0.1, 0.15) is 33.6 Å². The van der Waals surface area contributed by atoms with Gasteiger partial charge in [-0.2, -0.15) is 0 Å². The summed E-state index contributed by atoms with van der Waals surface area (Å²) in [6.45, 7) is 7.01. The Balaban J connectivity index is 2.38. The van der Waals surface area contributed by atoms with Gasteiger partial charge >= 0.3 is 0 Å². The Morgan fingerprint density at radius 2 is 1.60 bits per heavy atom. The molecule has 1 fully saturated rings. The lowest BCUT2D eigenvalue weighted by molar-refractivity contribution is 0.480. The van der Waals surface area contributed by atoms with Gasteiger partial charge in [-0.3, -0.25) is 0 Å². The summed E-state index contributed by atoms with van der Waals surface area (Å²) >= 11 is 0. The maximum Gasteiger partial charge on any atom is 0.0162 e. The molecule has 10 heavy (non-hydrogen) atoms. The Morgan fingerprint density at radius 1 is 1.10 bits per heavy atom. The van der Waals surface area contributed by atoms with E-state index in [0.29, 0.717) is 0 Å². The Bertz CT molecular complexity index is 93.4. The van der Waals surface area contributed by atoms with E-state index < -0.39 is 0 Å². The second-order valence-corrected chi connectivity index (χ2v) is 6.08.